The minimum Gasteiger partial charge on any atom is -0.466 e. The van der Waals surface area contributed by atoms with Crippen LogP contribution in [-0.4, -0.2) is 27.5 Å². The molecule has 0 atom stereocenters. The van der Waals surface area contributed by atoms with Gasteiger partial charge in [-0.15, -0.1) is 0 Å². The molecule has 6 nitrogen and oxygen atoms in total. The van der Waals surface area contributed by atoms with Crippen molar-refractivity contribution in [3.63, 3.8) is 0 Å². The van der Waals surface area contributed by atoms with Gasteiger partial charge in [-0.05, 0) is 26.0 Å². The maximum Gasteiger partial charge on any atom is 0.307 e. The van der Waals surface area contributed by atoms with Gasteiger partial charge in [-0.3, -0.25) is 4.79 Å². The summed E-state index contributed by atoms with van der Waals surface area (Å²) in [5.41, 5.74) is 5.42. The first-order valence-electron chi connectivity index (χ1n) is 5.99. The minimum absolute atomic E-state index is 0.0128. The van der Waals surface area contributed by atoms with Gasteiger partial charge in [0.1, 0.15) is 5.82 Å². The van der Waals surface area contributed by atoms with Crippen LogP contribution in [0.1, 0.15) is 18.9 Å². The fourth-order valence-corrected chi connectivity index (χ4v) is 2.87. The number of hydrogen-bond acceptors (Lipinski definition) is 5. The third-order valence-corrected chi connectivity index (χ3v) is 4.12. The van der Waals surface area contributed by atoms with Gasteiger partial charge < -0.3 is 10.5 Å². The van der Waals surface area contributed by atoms with E-state index >= 15 is 0 Å². The van der Waals surface area contributed by atoms with Crippen molar-refractivity contribution in [1.29, 1.82) is 0 Å². The van der Waals surface area contributed by atoms with Gasteiger partial charge in [0.25, 0.3) is 0 Å². The number of esters is 1. The molecule has 0 spiro atoms. The third kappa shape index (κ3) is 4.17. The number of nitrogens with two attached hydrogens (primary N) is 1. The van der Waals surface area contributed by atoms with Crippen molar-refractivity contribution < 1.29 is 22.3 Å². The van der Waals surface area contributed by atoms with E-state index in [1.807, 2.05) is 0 Å². The summed E-state index contributed by atoms with van der Waals surface area (Å²) in [5.74, 6) is -1.21. The van der Waals surface area contributed by atoms with Crippen molar-refractivity contribution >= 4 is 21.7 Å². The number of nitrogens with one attached hydrogen (secondary N) is 1. The van der Waals surface area contributed by atoms with Crippen LogP contribution < -0.4 is 10.5 Å². The summed E-state index contributed by atoms with van der Waals surface area (Å²) >= 11 is 0. The second-order valence-corrected chi connectivity index (χ2v) is 5.81. The second kappa shape index (κ2) is 6.67. The Hall–Kier alpha value is -1.67. The summed E-state index contributed by atoms with van der Waals surface area (Å²) in [6.45, 7) is 3.10. The standard InChI is InChI=1S/C12H17FN2O4S/c1-3-19-12(16)4-5-15-20(17,18)11-7-9(14)6-10(13)8(11)2/h6-7,15H,3-5,14H2,1-2H3. The lowest BCUT2D eigenvalue weighted by Crippen LogP contribution is -2.27. The number of hydrogen-bond donors (Lipinski definition) is 2. The van der Waals surface area contributed by atoms with Crippen LogP contribution >= 0.6 is 0 Å². The van der Waals surface area contributed by atoms with Crippen molar-refractivity contribution in [2.24, 2.45) is 0 Å². The van der Waals surface area contributed by atoms with Gasteiger partial charge in [0, 0.05) is 17.8 Å². The number of anilines is 1. The molecule has 1 rings (SSSR count). The number of benzene rings is 1. The van der Waals surface area contributed by atoms with Crippen LogP contribution in [0.15, 0.2) is 17.0 Å². The van der Waals surface area contributed by atoms with Gasteiger partial charge in [-0.2, -0.15) is 0 Å². The number of rotatable bonds is 6. The summed E-state index contributed by atoms with van der Waals surface area (Å²) in [4.78, 5) is 10.9. The molecule has 0 saturated heterocycles. The highest BCUT2D eigenvalue weighted by atomic mass is 32.2. The van der Waals surface area contributed by atoms with Crippen LogP contribution in [0.2, 0.25) is 0 Å². The van der Waals surface area contributed by atoms with E-state index in [0.29, 0.717) is 0 Å². The van der Waals surface area contributed by atoms with Gasteiger partial charge in [0.2, 0.25) is 10.0 Å². The fourth-order valence-electron chi connectivity index (χ4n) is 1.55. The predicted octanol–water partition coefficient (Wildman–Crippen LogP) is 0.948. The molecule has 20 heavy (non-hydrogen) atoms. The smallest absolute Gasteiger partial charge is 0.307 e. The molecule has 1 aromatic carbocycles. The second-order valence-electron chi connectivity index (χ2n) is 4.08. The van der Waals surface area contributed by atoms with E-state index in [2.05, 4.69) is 9.46 Å². The van der Waals surface area contributed by atoms with Gasteiger partial charge in [0.05, 0.1) is 17.9 Å². The van der Waals surface area contributed by atoms with Crippen LogP contribution in [0.3, 0.4) is 0 Å². The van der Waals surface area contributed by atoms with Crippen molar-refractivity contribution in [2.45, 2.75) is 25.2 Å². The molecule has 8 heteroatoms. The summed E-state index contributed by atoms with van der Waals surface area (Å²) < 4.78 is 44.4. The molecular weight excluding hydrogens is 287 g/mol. The van der Waals surface area contributed by atoms with E-state index in [1.54, 1.807) is 6.92 Å². The highest BCUT2D eigenvalue weighted by Gasteiger charge is 2.20. The number of nitrogen functional groups attached to an aromatic ring is 1. The molecule has 0 aliphatic rings. The van der Waals surface area contributed by atoms with Crippen molar-refractivity contribution in [3.05, 3.63) is 23.5 Å². The van der Waals surface area contributed by atoms with Crippen LogP contribution in [0.4, 0.5) is 10.1 Å². The van der Waals surface area contributed by atoms with Crippen LogP contribution in [-0.2, 0) is 19.6 Å². The molecule has 3 N–H and O–H groups in total. The molecule has 0 unspecified atom stereocenters. The SMILES string of the molecule is CCOC(=O)CCNS(=O)(=O)c1cc(N)cc(F)c1C. The molecule has 1 aromatic rings. The van der Waals surface area contributed by atoms with Gasteiger partial charge in [-0.25, -0.2) is 17.5 Å². The Labute approximate surface area is 117 Å². The number of ether oxygens (including phenoxy) is 1. The quantitative estimate of drug-likeness (QED) is 0.602. The first-order chi connectivity index (χ1) is 9.27. The van der Waals surface area contributed by atoms with Gasteiger partial charge in [0.15, 0.2) is 0 Å². The molecule has 0 aliphatic carbocycles. The molecule has 112 valence electrons. The zero-order valence-electron chi connectivity index (χ0n) is 11.3. The largest absolute Gasteiger partial charge is 0.466 e. The fraction of sp³-hybridized carbons (Fsp3) is 0.417. The third-order valence-electron chi connectivity index (χ3n) is 2.54. The molecule has 0 radical (unpaired) electrons. The van der Waals surface area contributed by atoms with Crippen LogP contribution in [0, 0.1) is 12.7 Å². The Morgan fingerprint density at radius 1 is 1.45 bits per heavy atom. The number of carbonyl (C=O) groups is 1. The summed E-state index contributed by atoms with van der Waals surface area (Å²) in [7, 11) is -3.92. The van der Waals surface area contributed by atoms with E-state index in [1.165, 1.54) is 13.0 Å². The monoisotopic (exact) mass is 304 g/mol. The van der Waals surface area contributed by atoms with Gasteiger partial charge >= 0.3 is 5.97 Å². The lowest BCUT2D eigenvalue weighted by atomic mass is 10.2. The molecule has 0 heterocycles. The molecule has 0 amide bonds. The Bertz CT molecular complexity index is 602. The summed E-state index contributed by atoms with van der Waals surface area (Å²) in [6.07, 6.45) is -0.100. The van der Waals surface area contributed by atoms with Crippen molar-refractivity contribution in [2.75, 3.05) is 18.9 Å². The van der Waals surface area contributed by atoms with E-state index in [4.69, 9.17) is 5.73 Å². The Balaban J connectivity index is 2.82. The molecular formula is C12H17FN2O4S. The summed E-state index contributed by atoms with van der Waals surface area (Å²) in [6, 6.07) is 2.22. The van der Waals surface area contributed by atoms with Gasteiger partial charge in [-0.1, -0.05) is 0 Å². The predicted molar refractivity (Wildman–Crippen MR) is 72.0 cm³/mol. The molecule has 0 aromatic heterocycles. The van der Waals surface area contributed by atoms with Crippen LogP contribution in [0.25, 0.3) is 0 Å². The molecule has 0 saturated carbocycles. The molecule has 0 bridgehead atoms. The normalized spacial score (nSPS) is 11.3. The lowest BCUT2D eigenvalue weighted by Gasteiger charge is -2.10. The molecule has 0 aliphatic heterocycles. The zero-order valence-corrected chi connectivity index (χ0v) is 12.1. The Morgan fingerprint density at radius 2 is 2.10 bits per heavy atom. The number of carbonyl (C=O) groups excluding carboxylic acids is 1. The van der Waals surface area contributed by atoms with E-state index in [-0.39, 0.29) is 35.7 Å². The maximum atomic E-state index is 13.5. The maximum absolute atomic E-state index is 13.5. The van der Waals surface area contributed by atoms with Crippen LogP contribution in [0.5, 0.6) is 0 Å². The van der Waals surface area contributed by atoms with Crippen molar-refractivity contribution in [1.82, 2.24) is 4.72 Å². The summed E-state index contributed by atoms with van der Waals surface area (Å²) in [5, 5.41) is 0. The average Bonchev–Trinajstić information content (AvgIpc) is 2.33. The Morgan fingerprint density at radius 3 is 2.70 bits per heavy atom. The average molecular weight is 304 g/mol. The highest BCUT2D eigenvalue weighted by Crippen LogP contribution is 2.21. The van der Waals surface area contributed by atoms with Crippen molar-refractivity contribution in [3.8, 4) is 0 Å². The first-order valence-corrected chi connectivity index (χ1v) is 7.47. The highest BCUT2D eigenvalue weighted by molar-refractivity contribution is 7.89. The van der Waals surface area contributed by atoms with E-state index < -0.39 is 21.8 Å². The molecule has 0 fully saturated rings. The van der Waals surface area contributed by atoms with E-state index in [0.717, 1.165) is 6.07 Å². The Kier molecular flexibility index (Phi) is 5.46. The zero-order chi connectivity index (χ0) is 15.3. The number of sulfonamides is 1. The number of halogens is 1. The first kappa shape index (κ1) is 16.4. The minimum atomic E-state index is -3.92. The topological polar surface area (TPSA) is 98.5 Å². The van der Waals surface area contributed by atoms with E-state index in [9.17, 15) is 17.6 Å². The lowest BCUT2D eigenvalue weighted by molar-refractivity contribution is -0.142.